The number of aryl methyl sites for hydroxylation is 2. The molecule has 0 amide bonds. The standard InChI is InChI=1S/C21H33N5O.HI/c1-6-22-20(24-15-21(5,27)19-10-8-7-9-11-19)23-13-16(2)14-26-18(4)12-17(3)25-26;/h7-12,16,27H,6,13-15H2,1-5H3,(H2,22,23,24);1H. The van der Waals surface area contributed by atoms with Gasteiger partial charge in [0.15, 0.2) is 5.96 Å². The van der Waals surface area contributed by atoms with Gasteiger partial charge in [-0.1, -0.05) is 37.3 Å². The van der Waals surface area contributed by atoms with E-state index in [1.165, 1.54) is 5.69 Å². The number of nitrogens with one attached hydrogen (secondary N) is 2. The third kappa shape index (κ3) is 7.43. The maximum absolute atomic E-state index is 10.7. The molecular weight excluding hydrogens is 465 g/mol. The van der Waals surface area contributed by atoms with Crippen LogP contribution >= 0.6 is 24.0 Å². The summed E-state index contributed by atoms with van der Waals surface area (Å²) in [5, 5.41) is 21.9. The molecule has 0 radical (unpaired) electrons. The summed E-state index contributed by atoms with van der Waals surface area (Å²) in [4.78, 5) is 4.58. The van der Waals surface area contributed by atoms with Gasteiger partial charge >= 0.3 is 0 Å². The predicted molar refractivity (Wildman–Crippen MR) is 126 cm³/mol. The maximum atomic E-state index is 10.7. The van der Waals surface area contributed by atoms with Crippen molar-refractivity contribution in [2.24, 2.45) is 10.9 Å². The molecule has 2 aromatic rings. The Balaban J connectivity index is 0.00000392. The second kappa shape index (κ2) is 11.4. The number of halogens is 1. The first-order valence-corrected chi connectivity index (χ1v) is 9.63. The van der Waals surface area contributed by atoms with Gasteiger partial charge in [0, 0.05) is 25.3 Å². The van der Waals surface area contributed by atoms with Crippen LogP contribution in [0, 0.1) is 19.8 Å². The highest BCUT2D eigenvalue weighted by Crippen LogP contribution is 2.20. The van der Waals surface area contributed by atoms with E-state index in [4.69, 9.17) is 0 Å². The lowest BCUT2D eigenvalue weighted by molar-refractivity contribution is 0.0672. The highest BCUT2D eigenvalue weighted by Gasteiger charge is 2.22. The summed E-state index contributed by atoms with van der Waals surface area (Å²) in [6.07, 6.45) is 0. The largest absolute Gasteiger partial charge is 0.384 e. The van der Waals surface area contributed by atoms with Crippen LogP contribution in [0.25, 0.3) is 0 Å². The number of aromatic nitrogens is 2. The minimum Gasteiger partial charge on any atom is -0.384 e. The molecule has 0 saturated carbocycles. The lowest BCUT2D eigenvalue weighted by Gasteiger charge is -2.23. The lowest BCUT2D eigenvalue weighted by atomic mass is 9.96. The summed E-state index contributed by atoms with van der Waals surface area (Å²) in [6.45, 7) is 12.8. The van der Waals surface area contributed by atoms with Crippen LogP contribution in [0.15, 0.2) is 41.4 Å². The van der Waals surface area contributed by atoms with Gasteiger partial charge in [-0.2, -0.15) is 5.10 Å². The number of benzene rings is 1. The van der Waals surface area contributed by atoms with Gasteiger partial charge in [0.25, 0.3) is 0 Å². The van der Waals surface area contributed by atoms with Crippen molar-refractivity contribution >= 4 is 29.9 Å². The van der Waals surface area contributed by atoms with E-state index in [0.29, 0.717) is 11.9 Å². The van der Waals surface area contributed by atoms with E-state index >= 15 is 0 Å². The van der Waals surface area contributed by atoms with Crippen LogP contribution in [-0.2, 0) is 12.1 Å². The Morgan fingerprint density at radius 1 is 1.25 bits per heavy atom. The van der Waals surface area contributed by atoms with Gasteiger partial charge in [0.1, 0.15) is 5.60 Å². The van der Waals surface area contributed by atoms with E-state index in [1.54, 1.807) is 6.92 Å². The number of hydrogen-bond donors (Lipinski definition) is 3. The molecule has 0 fully saturated rings. The molecule has 2 atom stereocenters. The van der Waals surface area contributed by atoms with Crippen molar-refractivity contribution < 1.29 is 5.11 Å². The third-order valence-electron chi connectivity index (χ3n) is 4.49. The van der Waals surface area contributed by atoms with Gasteiger partial charge in [-0.05, 0) is 45.2 Å². The summed E-state index contributed by atoms with van der Waals surface area (Å²) in [6, 6.07) is 11.7. The molecule has 6 nitrogen and oxygen atoms in total. The van der Waals surface area contributed by atoms with E-state index < -0.39 is 5.60 Å². The second-order valence-corrected chi connectivity index (χ2v) is 7.43. The molecule has 0 aliphatic carbocycles. The second-order valence-electron chi connectivity index (χ2n) is 7.43. The first-order valence-electron chi connectivity index (χ1n) is 9.63. The fraction of sp³-hybridized carbons (Fsp3) is 0.524. The first kappa shape index (κ1) is 24.4. The van der Waals surface area contributed by atoms with E-state index in [9.17, 15) is 5.11 Å². The minimum absolute atomic E-state index is 0. The molecule has 0 spiro atoms. The number of rotatable bonds is 8. The highest BCUT2D eigenvalue weighted by molar-refractivity contribution is 14.0. The van der Waals surface area contributed by atoms with Crippen LogP contribution in [0.3, 0.4) is 0 Å². The number of aliphatic imine (C=N–C) groups is 1. The Bertz CT molecular complexity index is 743. The zero-order valence-corrected chi connectivity index (χ0v) is 19.9. The Labute approximate surface area is 185 Å². The van der Waals surface area contributed by atoms with E-state index in [2.05, 4.69) is 40.6 Å². The van der Waals surface area contributed by atoms with Crippen molar-refractivity contribution in [2.45, 2.75) is 46.8 Å². The SMILES string of the molecule is CCNC(=NCC(C)(O)c1ccccc1)NCC(C)Cn1nc(C)cc1C.I. The number of aliphatic hydroxyl groups is 1. The smallest absolute Gasteiger partial charge is 0.191 e. The summed E-state index contributed by atoms with van der Waals surface area (Å²) in [7, 11) is 0. The first-order chi connectivity index (χ1) is 12.8. The normalized spacial score (nSPS) is 14.7. The molecule has 28 heavy (non-hydrogen) atoms. The molecule has 1 aromatic heterocycles. The van der Waals surface area contributed by atoms with E-state index in [-0.39, 0.29) is 30.5 Å². The van der Waals surface area contributed by atoms with Crippen molar-refractivity contribution in [2.75, 3.05) is 19.6 Å². The van der Waals surface area contributed by atoms with Crippen LogP contribution in [0.4, 0.5) is 0 Å². The van der Waals surface area contributed by atoms with Crippen LogP contribution < -0.4 is 10.6 Å². The van der Waals surface area contributed by atoms with Crippen LogP contribution in [0.1, 0.15) is 37.7 Å². The Morgan fingerprint density at radius 2 is 1.93 bits per heavy atom. The van der Waals surface area contributed by atoms with Gasteiger partial charge in [0.05, 0.1) is 12.2 Å². The fourth-order valence-electron chi connectivity index (χ4n) is 2.95. The Hall–Kier alpha value is -1.61. The fourth-order valence-corrected chi connectivity index (χ4v) is 2.95. The summed E-state index contributed by atoms with van der Waals surface area (Å²) < 4.78 is 2.05. The van der Waals surface area contributed by atoms with Gasteiger partial charge in [-0.25, -0.2) is 4.99 Å². The molecule has 7 heteroatoms. The van der Waals surface area contributed by atoms with Crippen molar-refractivity contribution in [1.82, 2.24) is 20.4 Å². The molecule has 0 bridgehead atoms. The van der Waals surface area contributed by atoms with Gasteiger partial charge < -0.3 is 15.7 Å². The van der Waals surface area contributed by atoms with Crippen LogP contribution in [0.2, 0.25) is 0 Å². The zero-order chi connectivity index (χ0) is 19.9. The molecular formula is C21H34IN5O. The molecule has 1 aromatic carbocycles. The van der Waals surface area contributed by atoms with Crippen LogP contribution in [-0.4, -0.2) is 40.5 Å². The monoisotopic (exact) mass is 499 g/mol. The summed E-state index contributed by atoms with van der Waals surface area (Å²) in [5.74, 6) is 1.11. The third-order valence-corrected chi connectivity index (χ3v) is 4.49. The molecule has 1 heterocycles. The topological polar surface area (TPSA) is 74.5 Å². The molecule has 0 aliphatic heterocycles. The minimum atomic E-state index is -1.00. The van der Waals surface area contributed by atoms with Crippen molar-refractivity contribution in [1.29, 1.82) is 0 Å². The van der Waals surface area contributed by atoms with Crippen LogP contribution in [0.5, 0.6) is 0 Å². The van der Waals surface area contributed by atoms with Gasteiger partial charge in [-0.3, -0.25) is 4.68 Å². The Kier molecular flexibility index (Phi) is 9.95. The molecule has 2 rings (SSSR count). The number of hydrogen-bond acceptors (Lipinski definition) is 3. The maximum Gasteiger partial charge on any atom is 0.191 e. The van der Waals surface area contributed by atoms with Crippen molar-refractivity contribution in [3.63, 3.8) is 0 Å². The summed E-state index contributed by atoms with van der Waals surface area (Å²) in [5.41, 5.74) is 2.09. The number of nitrogens with zero attached hydrogens (tertiary/aromatic N) is 3. The average molecular weight is 499 g/mol. The van der Waals surface area contributed by atoms with E-state index in [0.717, 1.165) is 30.9 Å². The Morgan fingerprint density at radius 3 is 2.50 bits per heavy atom. The lowest BCUT2D eigenvalue weighted by Crippen LogP contribution is -2.41. The number of guanidine groups is 1. The molecule has 0 saturated heterocycles. The van der Waals surface area contributed by atoms with Crippen molar-refractivity contribution in [3.8, 4) is 0 Å². The molecule has 3 N–H and O–H groups in total. The average Bonchev–Trinajstić information content (AvgIpc) is 2.95. The highest BCUT2D eigenvalue weighted by atomic mass is 127. The molecule has 2 unspecified atom stereocenters. The summed E-state index contributed by atoms with van der Waals surface area (Å²) >= 11 is 0. The van der Waals surface area contributed by atoms with Gasteiger partial charge in [0.2, 0.25) is 0 Å². The predicted octanol–water partition coefficient (Wildman–Crippen LogP) is 3.22. The molecule has 0 aliphatic rings. The van der Waals surface area contributed by atoms with Crippen molar-refractivity contribution in [3.05, 3.63) is 53.3 Å². The zero-order valence-electron chi connectivity index (χ0n) is 17.6. The quantitative estimate of drug-likeness (QED) is 0.296. The molecule has 156 valence electrons. The van der Waals surface area contributed by atoms with E-state index in [1.807, 2.05) is 48.9 Å². The van der Waals surface area contributed by atoms with Gasteiger partial charge in [-0.15, -0.1) is 24.0 Å².